The Morgan fingerprint density at radius 1 is 1.12 bits per heavy atom. The summed E-state index contributed by atoms with van der Waals surface area (Å²) in [5, 5.41) is 8.72. The average Bonchev–Trinajstić information content (AvgIpc) is 2.61. The van der Waals surface area contributed by atoms with E-state index in [0.717, 1.165) is 6.42 Å². The number of carboxylic acid groups (broad SMARTS) is 1. The van der Waals surface area contributed by atoms with E-state index < -0.39 is 16.5 Å². The first-order valence-corrected chi connectivity index (χ1v) is 9.97. The number of hydrogen-bond acceptors (Lipinski definition) is 2. The molecule has 24 heavy (non-hydrogen) atoms. The zero-order valence-corrected chi connectivity index (χ0v) is 15.3. The van der Waals surface area contributed by atoms with E-state index >= 15 is 0 Å². The van der Waals surface area contributed by atoms with E-state index in [-0.39, 0.29) is 6.42 Å². The van der Waals surface area contributed by atoms with Gasteiger partial charge in [0.25, 0.3) is 0 Å². The Hall–Kier alpha value is -1.82. The molecule has 0 heterocycles. The third kappa shape index (κ3) is 4.38. The largest absolute Gasteiger partial charge is 0.481 e. The van der Waals surface area contributed by atoms with Gasteiger partial charge in [-0.3, -0.25) is 8.98 Å². The van der Waals surface area contributed by atoms with E-state index in [1.165, 1.54) is 20.5 Å². The molecule has 5 heteroatoms. The maximum Gasteiger partial charge on any atom is 0.303 e. The Bertz CT molecular complexity index is 660. The molecule has 0 amide bonds. The molecule has 2 aromatic rings. The summed E-state index contributed by atoms with van der Waals surface area (Å²) in [6, 6.07) is 18.7. The number of carboxylic acids is 1. The number of benzene rings is 2. The Morgan fingerprint density at radius 3 is 2.29 bits per heavy atom. The highest BCUT2D eigenvalue weighted by Crippen LogP contribution is 2.45. The van der Waals surface area contributed by atoms with Crippen molar-refractivity contribution < 1.29 is 18.4 Å². The maximum atomic E-state index is 10.6. The Labute approximate surface area is 145 Å². The molecule has 2 N–H and O–H groups in total. The van der Waals surface area contributed by atoms with Crippen molar-refractivity contribution in [2.24, 2.45) is 0 Å². The third-order valence-corrected chi connectivity index (χ3v) is 7.57. The Balaban J connectivity index is 2.13. The van der Waals surface area contributed by atoms with Gasteiger partial charge < -0.3 is 5.11 Å². The zero-order chi connectivity index (χ0) is 17.6. The highest BCUT2D eigenvalue weighted by atomic mass is 32.3. The zero-order valence-electron chi connectivity index (χ0n) is 14.5. The smallest absolute Gasteiger partial charge is 0.303 e. The molecular weight excluding hydrogens is 322 g/mol. The molecule has 0 aromatic heterocycles. The molecule has 0 aliphatic rings. The van der Waals surface area contributed by atoms with Crippen molar-refractivity contribution in [3.05, 3.63) is 60.2 Å². The monoisotopic (exact) mass is 348 g/mol. The molecular formula is C19H26NO3S+. The molecule has 2 aromatic carbocycles. The van der Waals surface area contributed by atoms with Crippen LogP contribution in [-0.2, 0) is 15.4 Å². The predicted molar refractivity (Wildman–Crippen MR) is 98.8 cm³/mol. The van der Waals surface area contributed by atoms with Crippen molar-refractivity contribution >= 4 is 22.2 Å². The van der Waals surface area contributed by atoms with Crippen LogP contribution in [0.4, 0.5) is 5.69 Å². The second-order valence-electron chi connectivity index (χ2n) is 5.82. The average molecular weight is 348 g/mol. The van der Waals surface area contributed by atoms with Crippen molar-refractivity contribution in [2.45, 2.75) is 24.2 Å². The molecule has 2 atom stereocenters. The Morgan fingerprint density at radius 2 is 1.75 bits per heavy atom. The van der Waals surface area contributed by atoms with Gasteiger partial charge in [0.15, 0.2) is 0 Å². The van der Waals surface area contributed by atoms with E-state index in [1.807, 2.05) is 18.2 Å². The molecule has 0 aliphatic carbocycles. The van der Waals surface area contributed by atoms with Gasteiger partial charge in [-0.05, 0) is 30.5 Å². The van der Waals surface area contributed by atoms with Crippen LogP contribution in [0.1, 0.15) is 18.4 Å². The van der Waals surface area contributed by atoms with Crippen LogP contribution in [0.2, 0.25) is 0 Å². The number of nitrogens with one attached hydrogen (secondary N) is 1. The molecule has 2 rings (SSSR count). The number of aryl methyl sites for hydroxylation is 1. The lowest BCUT2D eigenvalue weighted by atomic mass is 10.1. The molecule has 0 spiro atoms. The molecule has 0 radical (unpaired) electrons. The highest BCUT2D eigenvalue weighted by Gasteiger charge is 2.31. The van der Waals surface area contributed by atoms with Crippen LogP contribution in [0.15, 0.2) is 59.5 Å². The summed E-state index contributed by atoms with van der Waals surface area (Å²) in [5.74, 6) is -0.738. The molecule has 4 nitrogen and oxygen atoms in total. The molecule has 0 saturated heterocycles. The lowest BCUT2D eigenvalue weighted by molar-refractivity contribution is -0.664. The highest BCUT2D eigenvalue weighted by molar-refractivity contribution is 8.24. The van der Waals surface area contributed by atoms with E-state index in [2.05, 4.69) is 49.7 Å². The minimum Gasteiger partial charge on any atom is -0.481 e. The van der Waals surface area contributed by atoms with Crippen molar-refractivity contribution in [3.63, 3.8) is 0 Å². The summed E-state index contributed by atoms with van der Waals surface area (Å²) >= 11 is 0. The van der Waals surface area contributed by atoms with E-state index in [4.69, 9.17) is 9.29 Å². The van der Waals surface area contributed by atoms with Crippen molar-refractivity contribution in [1.82, 2.24) is 0 Å². The van der Waals surface area contributed by atoms with E-state index in [0.29, 0.717) is 6.42 Å². The van der Waals surface area contributed by atoms with E-state index in [1.54, 1.807) is 7.11 Å². The number of aliphatic carboxylic acids is 1. The molecule has 0 bridgehead atoms. The fourth-order valence-corrected chi connectivity index (χ4v) is 4.71. The quantitative estimate of drug-likeness (QED) is 0.770. The lowest BCUT2D eigenvalue weighted by Gasteiger charge is -2.38. The number of quaternary nitrogens is 1. The van der Waals surface area contributed by atoms with Gasteiger partial charge in [-0.1, -0.05) is 30.3 Å². The van der Waals surface area contributed by atoms with Crippen LogP contribution >= 0.6 is 10.5 Å². The second kappa shape index (κ2) is 8.33. The topological polar surface area (TPSA) is 51.0 Å². The van der Waals surface area contributed by atoms with Crippen LogP contribution in [-0.4, -0.2) is 31.5 Å². The number of rotatable bonds is 8. The van der Waals surface area contributed by atoms with Gasteiger partial charge in [0.1, 0.15) is 5.69 Å². The van der Waals surface area contributed by atoms with Gasteiger partial charge in [-0.15, -0.1) is 0 Å². The standard InChI is InChI=1S/C19H25NO3S/c1-20(24(3,23-2)18-9-5-4-6-10-18)17-14-12-16(13-15-17)8-7-11-19(21)22/h4-6,9-10,12-15H,7-8,11H2,1-3H3,(H,21,22)/p+1. The second-order valence-corrected chi connectivity index (χ2v) is 8.93. The van der Waals surface area contributed by atoms with Crippen molar-refractivity contribution in [1.29, 1.82) is 0 Å². The first kappa shape index (κ1) is 18.5. The lowest BCUT2D eigenvalue weighted by Crippen LogP contribution is -3.02. The van der Waals surface area contributed by atoms with Gasteiger partial charge in [0.2, 0.25) is 0 Å². The van der Waals surface area contributed by atoms with Gasteiger partial charge in [-0.2, -0.15) is 0 Å². The van der Waals surface area contributed by atoms with Gasteiger partial charge in [0, 0.05) is 35.3 Å². The number of carbonyl (C=O) groups is 1. The molecule has 130 valence electrons. The van der Waals surface area contributed by atoms with Crippen LogP contribution in [0.25, 0.3) is 0 Å². The summed E-state index contributed by atoms with van der Waals surface area (Å²) in [6.07, 6.45) is 3.84. The molecule has 0 aliphatic heterocycles. The molecule has 2 unspecified atom stereocenters. The minimum atomic E-state index is -1.49. The number of hydrogen-bond donors (Lipinski definition) is 2. The summed E-state index contributed by atoms with van der Waals surface area (Å²) in [6.45, 7) is 0. The molecule has 0 saturated carbocycles. The summed E-state index contributed by atoms with van der Waals surface area (Å²) in [7, 11) is 2.41. The first-order chi connectivity index (χ1) is 11.5. The molecule has 0 fully saturated rings. The van der Waals surface area contributed by atoms with Crippen LogP contribution in [0.5, 0.6) is 0 Å². The minimum absolute atomic E-state index is 0.215. The van der Waals surface area contributed by atoms with Gasteiger partial charge in [-0.25, -0.2) is 4.31 Å². The van der Waals surface area contributed by atoms with Gasteiger partial charge >= 0.3 is 5.97 Å². The summed E-state index contributed by atoms with van der Waals surface area (Å²) in [4.78, 5) is 11.8. The van der Waals surface area contributed by atoms with Crippen LogP contribution < -0.4 is 4.31 Å². The van der Waals surface area contributed by atoms with Crippen molar-refractivity contribution in [2.75, 3.05) is 20.4 Å². The Kier molecular flexibility index (Phi) is 6.43. The normalized spacial score (nSPS) is 16.1. The van der Waals surface area contributed by atoms with Crippen LogP contribution in [0, 0.1) is 0 Å². The van der Waals surface area contributed by atoms with Crippen molar-refractivity contribution in [3.8, 4) is 0 Å². The first-order valence-electron chi connectivity index (χ1n) is 8.01. The maximum absolute atomic E-state index is 10.6. The SMILES string of the molecule is COS(C)(c1ccccc1)[NH+](C)c1ccc(CCCC(=O)O)cc1. The fraction of sp³-hybridized carbons (Fsp3) is 0.316. The van der Waals surface area contributed by atoms with Crippen LogP contribution in [0.3, 0.4) is 0 Å². The fourth-order valence-electron chi connectivity index (χ4n) is 2.65. The third-order valence-electron chi connectivity index (χ3n) is 4.33. The van der Waals surface area contributed by atoms with Gasteiger partial charge in [0.05, 0.1) is 19.1 Å². The summed E-state index contributed by atoms with van der Waals surface area (Å²) < 4.78 is 7.17. The summed E-state index contributed by atoms with van der Waals surface area (Å²) in [5.41, 5.74) is 2.34. The van der Waals surface area contributed by atoms with E-state index in [9.17, 15) is 4.79 Å². The predicted octanol–water partition coefficient (Wildman–Crippen LogP) is 3.21.